The second-order valence-electron chi connectivity index (χ2n) is 9.88. The minimum absolute atomic E-state index is 0.0713. The van der Waals surface area contributed by atoms with E-state index >= 15 is 0 Å². The Labute approximate surface area is 202 Å². The molecule has 1 aromatic heterocycles. The van der Waals surface area contributed by atoms with Gasteiger partial charge in [0.25, 0.3) is 0 Å². The number of carbonyl (C=O) groups excluding carboxylic acids is 1. The SMILES string of the molecule is CC(=O)c1cccc(NC(=NCc2cccs2)NC2CCC(CC3CCC(N)CC3)CC2)c1. The summed E-state index contributed by atoms with van der Waals surface area (Å²) < 4.78 is 0. The maximum atomic E-state index is 11.8. The molecule has 0 unspecified atom stereocenters. The van der Waals surface area contributed by atoms with E-state index in [0.29, 0.717) is 24.2 Å². The molecule has 5 nitrogen and oxygen atoms in total. The Bertz CT molecular complexity index is 910. The first-order valence-corrected chi connectivity index (χ1v) is 13.4. The molecule has 0 radical (unpaired) electrons. The molecule has 6 heteroatoms. The summed E-state index contributed by atoms with van der Waals surface area (Å²) in [7, 11) is 0. The summed E-state index contributed by atoms with van der Waals surface area (Å²) in [4.78, 5) is 17.9. The maximum Gasteiger partial charge on any atom is 0.196 e. The fourth-order valence-corrected chi connectivity index (χ4v) is 5.89. The van der Waals surface area contributed by atoms with Crippen molar-refractivity contribution < 1.29 is 4.79 Å². The molecule has 1 heterocycles. The van der Waals surface area contributed by atoms with E-state index in [1.54, 1.807) is 18.3 Å². The van der Waals surface area contributed by atoms with E-state index < -0.39 is 0 Å². The molecule has 33 heavy (non-hydrogen) atoms. The molecular weight excluding hydrogens is 428 g/mol. The lowest BCUT2D eigenvalue weighted by Gasteiger charge is -2.34. The van der Waals surface area contributed by atoms with Crippen molar-refractivity contribution in [1.82, 2.24) is 5.32 Å². The number of hydrogen-bond acceptors (Lipinski definition) is 4. The molecule has 2 aliphatic rings. The number of nitrogens with zero attached hydrogens (tertiary/aromatic N) is 1. The number of aliphatic imine (C=N–C) groups is 1. The number of ketones is 1. The highest BCUT2D eigenvalue weighted by molar-refractivity contribution is 7.09. The largest absolute Gasteiger partial charge is 0.353 e. The van der Waals surface area contributed by atoms with Crippen LogP contribution in [0.2, 0.25) is 0 Å². The molecule has 4 N–H and O–H groups in total. The van der Waals surface area contributed by atoms with Gasteiger partial charge in [0.05, 0.1) is 6.54 Å². The Kier molecular flexibility index (Phi) is 8.57. The van der Waals surface area contributed by atoms with Crippen LogP contribution in [0, 0.1) is 11.8 Å². The molecule has 2 fully saturated rings. The van der Waals surface area contributed by atoms with E-state index in [-0.39, 0.29) is 5.78 Å². The van der Waals surface area contributed by atoms with Gasteiger partial charge >= 0.3 is 0 Å². The highest BCUT2D eigenvalue weighted by Gasteiger charge is 2.26. The van der Waals surface area contributed by atoms with E-state index in [2.05, 4.69) is 28.1 Å². The average Bonchev–Trinajstić information content (AvgIpc) is 3.34. The summed E-state index contributed by atoms with van der Waals surface area (Å²) in [6.45, 7) is 2.25. The third kappa shape index (κ3) is 7.41. The van der Waals surface area contributed by atoms with Crippen LogP contribution in [0.5, 0.6) is 0 Å². The van der Waals surface area contributed by atoms with Crippen molar-refractivity contribution in [2.24, 2.45) is 22.6 Å². The monoisotopic (exact) mass is 466 g/mol. The number of thiophene rings is 1. The molecule has 0 saturated heterocycles. The number of carbonyl (C=O) groups is 1. The van der Waals surface area contributed by atoms with Crippen molar-refractivity contribution in [2.75, 3.05) is 5.32 Å². The van der Waals surface area contributed by atoms with E-state index in [4.69, 9.17) is 10.7 Å². The minimum atomic E-state index is 0.0713. The molecular formula is C27H38N4OS. The quantitative estimate of drug-likeness (QED) is 0.267. The molecule has 4 rings (SSSR count). The normalized spacial score (nSPS) is 26.1. The Morgan fingerprint density at radius 3 is 2.42 bits per heavy atom. The summed E-state index contributed by atoms with van der Waals surface area (Å²) in [6, 6.07) is 12.7. The summed E-state index contributed by atoms with van der Waals surface area (Å²) in [6.07, 6.45) is 11.4. The van der Waals surface area contributed by atoms with Crippen LogP contribution in [0.4, 0.5) is 5.69 Å². The van der Waals surface area contributed by atoms with Crippen molar-refractivity contribution in [2.45, 2.75) is 83.3 Å². The topological polar surface area (TPSA) is 79.5 Å². The number of nitrogens with two attached hydrogens (primary N) is 1. The molecule has 0 aliphatic heterocycles. The fraction of sp³-hybridized carbons (Fsp3) is 0.556. The molecule has 2 aromatic rings. The second-order valence-corrected chi connectivity index (χ2v) is 10.9. The molecule has 0 bridgehead atoms. The van der Waals surface area contributed by atoms with Crippen LogP contribution < -0.4 is 16.4 Å². The van der Waals surface area contributed by atoms with Crippen molar-refractivity contribution in [3.05, 3.63) is 52.2 Å². The zero-order valence-electron chi connectivity index (χ0n) is 19.8. The number of hydrogen-bond donors (Lipinski definition) is 3. The Morgan fingerprint density at radius 2 is 1.76 bits per heavy atom. The van der Waals surface area contributed by atoms with E-state index in [0.717, 1.165) is 23.5 Å². The van der Waals surface area contributed by atoms with Crippen molar-refractivity contribution >= 4 is 28.8 Å². The van der Waals surface area contributed by atoms with E-state index in [1.807, 2.05) is 24.3 Å². The number of Topliss-reactive ketones (excluding diaryl/α,β-unsaturated/α-hetero) is 1. The third-order valence-electron chi connectivity index (χ3n) is 7.25. The number of rotatable bonds is 7. The summed E-state index contributed by atoms with van der Waals surface area (Å²) in [5.41, 5.74) is 7.69. The van der Waals surface area contributed by atoms with Gasteiger partial charge in [-0.25, -0.2) is 4.99 Å². The van der Waals surface area contributed by atoms with Gasteiger partial charge in [-0.1, -0.05) is 18.2 Å². The first-order valence-electron chi connectivity index (χ1n) is 12.5. The molecule has 178 valence electrons. The molecule has 0 atom stereocenters. The first-order chi connectivity index (χ1) is 16.0. The lowest BCUT2D eigenvalue weighted by Crippen LogP contribution is -2.41. The predicted molar refractivity (Wildman–Crippen MR) is 139 cm³/mol. The average molecular weight is 467 g/mol. The lowest BCUT2D eigenvalue weighted by molar-refractivity contribution is 0.101. The van der Waals surface area contributed by atoms with Crippen LogP contribution in [0.15, 0.2) is 46.8 Å². The summed E-state index contributed by atoms with van der Waals surface area (Å²) in [5.74, 6) is 2.61. The number of nitrogens with one attached hydrogen (secondary N) is 2. The van der Waals surface area contributed by atoms with Gasteiger partial charge in [-0.15, -0.1) is 11.3 Å². The molecule has 2 aliphatic carbocycles. The zero-order chi connectivity index (χ0) is 23.0. The molecule has 0 amide bonds. The highest BCUT2D eigenvalue weighted by Crippen LogP contribution is 2.35. The minimum Gasteiger partial charge on any atom is -0.353 e. The van der Waals surface area contributed by atoms with Gasteiger partial charge in [-0.2, -0.15) is 0 Å². The van der Waals surface area contributed by atoms with E-state index in [9.17, 15) is 4.79 Å². The Hall–Kier alpha value is -2.18. The van der Waals surface area contributed by atoms with E-state index in [1.165, 1.54) is 62.7 Å². The van der Waals surface area contributed by atoms with Crippen LogP contribution in [0.25, 0.3) is 0 Å². The fourth-order valence-electron chi connectivity index (χ4n) is 5.26. The molecule has 1 aromatic carbocycles. The highest BCUT2D eigenvalue weighted by atomic mass is 32.1. The molecule has 2 saturated carbocycles. The summed E-state index contributed by atoms with van der Waals surface area (Å²) >= 11 is 1.73. The van der Waals surface area contributed by atoms with Crippen LogP contribution in [-0.4, -0.2) is 23.8 Å². The Morgan fingerprint density at radius 1 is 1.03 bits per heavy atom. The number of guanidine groups is 1. The zero-order valence-corrected chi connectivity index (χ0v) is 20.6. The van der Waals surface area contributed by atoms with Crippen molar-refractivity contribution in [1.29, 1.82) is 0 Å². The van der Waals surface area contributed by atoms with Gasteiger partial charge < -0.3 is 16.4 Å². The predicted octanol–water partition coefficient (Wildman–Crippen LogP) is 5.97. The van der Waals surface area contributed by atoms with Gasteiger partial charge in [-0.3, -0.25) is 4.79 Å². The second kappa shape index (κ2) is 11.8. The lowest BCUT2D eigenvalue weighted by atomic mass is 9.76. The van der Waals surface area contributed by atoms with Crippen LogP contribution in [0.3, 0.4) is 0 Å². The van der Waals surface area contributed by atoms with Gasteiger partial charge in [0.1, 0.15) is 0 Å². The van der Waals surface area contributed by atoms with Crippen LogP contribution in [-0.2, 0) is 6.54 Å². The van der Waals surface area contributed by atoms with Gasteiger partial charge in [0, 0.05) is 28.2 Å². The van der Waals surface area contributed by atoms with Gasteiger partial charge in [0.15, 0.2) is 11.7 Å². The summed E-state index contributed by atoms with van der Waals surface area (Å²) in [5, 5.41) is 9.22. The van der Waals surface area contributed by atoms with Crippen LogP contribution >= 0.6 is 11.3 Å². The van der Waals surface area contributed by atoms with Crippen LogP contribution in [0.1, 0.15) is 79.9 Å². The third-order valence-corrected chi connectivity index (χ3v) is 8.11. The number of benzene rings is 1. The first kappa shape index (κ1) is 24.0. The molecule has 0 spiro atoms. The maximum absolute atomic E-state index is 11.8. The standard InChI is InChI=1S/C27H38N4OS/c1-19(32)22-4-2-5-25(17-22)31-27(29-18-26-6-3-15-33-26)30-24-13-9-21(10-14-24)16-20-7-11-23(28)12-8-20/h2-6,15,17,20-21,23-24H,7-14,16,18,28H2,1H3,(H2,29,30,31). The van der Waals surface area contributed by atoms with Gasteiger partial charge in [0.2, 0.25) is 0 Å². The smallest absolute Gasteiger partial charge is 0.196 e. The van der Waals surface area contributed by atoms with Crippen molar-refractivity contribution in [3.63, 3.8) is 0 Å². The van der Waals surface area contributed by atoms with Crippen molar-refractivity contribution in [3.8, 4) is 0 Å². The van der Waals surface area contributed by atoms with Gasteiger partial charge in [-0.05, 0) is 100 Å². The Balaban J connectivity index is 1.34. The number of anilines is 1.